The van der Waals surface area contributed by atoms with Crippen LogP contribution in [0.2, 0.25) is 0 Å². The van der Waals surface area contributed by atoms with Gasteiger partial charge in [0.2, 0.25) is 0 Å². The first-order valence-corrected chi connectivity index (χ1v) is 4.42. The zero-order valence-electron chi connectivity index (χ0n) is 7.31. The molecule has 0 unspecified atom stereocenters. The SMILES string of the molecule is C=CC(C=C)Oc1ccc(S)cc1. The van der Waals surface area contributed by atoms with Gasteiger partial charge < -0.3 is 4.74 Å². The Morgan fingerprint density at radius 1 is 1.15 bits per heavy atom. The third kappa shape index (κ3) is 2.99. The summed E-state index contributed by atoms with van der Waals surface area (Å²) in [6.07, 6.45) is 3.26. The van der Waals surface area contributed by atoms with Crippen molar-refractivity contribution in [3.8, 4) is 5.75 Å². The van der Waals surface area contributed by atoms with Gasteiger partial charge in [0.15, 0.2) is 0 Å². The van der Waals surface area contributed by atoms with E-state index in [9.17, 15) is 0 Å². The van der Waals surface area contributed by atoms with Crippen LogP contribution in [0, 0.1) is 0 Å². The molecule has 1 rings (SSSR count). The molecule has 0 bridgehead atoms. The van der Waals surface area contributed by atoms with Crippen LogP contribution in [0.4, 0.5) is 0 Å². The molecule has 0 saturated heterocycles. The minimum absolute atomic E-state index is 0.134. The second kappa shape index (κ2) is 4.77. The predicted molar refractivity (Wildman–Crippen MR) is 58.5 cm³/mol. The Morgan fingerprint density at radius 2 is 1.69 bits per heavy atom. The first-order chi connectivity index (χ1) is 6.26. The lowest BCUT2D eigenvalue weighted by Gasteiger charge is -2.10. The quantitative estimate of drug-likeness (QED) is 0.569. The predicted octanol–water partition coefficient (Wildman–Crippen LogP) is 3.09. The molecule has 1 aromatic carbocycles. The van der Waals surface area contributed by atoms with Gasteiger partial charge in [-0.05, 0) is 36.4 Å². The van der Waals surface area contributed by atoms with Gasteiger partial charge in [-0.2, -0.15) is 0 Å². The van der Waals surface area contributed by atoms with Crippen LogP contribution in [-0.4, -0.2) is 6.10 Å². The molecule has 0 aromatic heterocycles. The average Bonchev–Trinajstić information content (AvgIpc) is 2.17. The Balaban J connectivity index is 2.68. The molecule has 68 valence electrons. The number of benzene rings is 1. The van der Waals surface area contributed by atoms with Gasteiger partial charge in [-0.1, -0.05) is 13.2 Å². The first kappa shape index (κ1) is 9.93. The summed E-state index contributed by atoms with van der Waals surface area (Å²) in [4.78, 5) is 0.918. The molecule has 0 amide bonds. The monoisotopic (exact) mass is 192 g/mol. The van der Waals surface area contributed by atoms with Crippen molar-refractivity contribution < 1.29 is 4.74 Å². The number of hydrogen-bond donors (Lipinski definition) is 1. The van der Waals surface area contributed by atoms with E-state index in [4.69, 9.17) is 4.74 Å². The average molecular weight is 192 g/mol. The molecule has 0 spiro atoms. The fourth-order valence-corrected chi connectivity index (χ4v) is 1.02. The van der Waals surface area contributed by atoms with Crippen molar-refractivity contribution in [3.63, 3.8) is 0 Å². The van der Waals surface area contributed by atoms with Crippen molar-refractivity contribution in [2.24, 2.45) is 0 Å². The largest absolute Gasteiger partial charge is 0.482 e. The second-order valence-corrected chi connectivity index (χ2v) is 3.06. The molecule has 0 aliphatic carbocycles. The highest BCUT2D eigenvalue weighted by molar-refractivity contribution is 7.80. The number of ether oxygens (including phenoxy) is 1. The lowest BCUT2D eigenvalue weighted by atomic mass is 10.3. The standard InChI is InChI=1S/C11H12OS/c1-3-9(4-2)12-10-5-7-11(13)8-6-10/h3-9,13H,1-2H2. The van der Waals surface area contributed by atoms with Crippen molar-refractivity contribution in [1.29, 1.82) is 0 Å². The molecule has 0 atom stereocenters. The van der Waals surface area contributed by atoms with Crippen molar-refractivity contribution in [2.45, 2.75) is 11.0 Å². The van der Waals surface area contributed by atoms with Crippen LogP contribution in [0.25, 0.3) is 0 Å². The highest BCUT2D eigenvalue weighted by Crippen LogP contribution is 2.16. The molecule has 0 fully saturated rings. The minimum Gasteiger partial charge on any atom is -0.482 e. The van der Waals surface area contributed by atoms with Crippen molar-refractivity contribution >= 4 is 12.6 Å². The van der Waals surface area contributed by atoms with Crippen LogP contribution in [0.5, 0.6) is 5.75 Å². The van der Waals surface area contributed by atoms with Gasteiger partial charge in [0.25, 0.3) is 0 Å². The van der Waals surface area contributed by atoms with E-state index in [1.807, 2.05) is 24.3 Å². The molecule has 0 aliphatic heterocycles. The molecular weight excluding hydrogens is 180 g/mol. The van der Waals surface area contributed by atoms with Crippen LogP contribution >= 0.6 is 12.6 Å². The van der Waals surface area contributed by atoms with Crippen LogP contribution < -0.4 is 4.74 Å². The van der Waals surface area contributed by atoms with E-state index < -0.39 is 0 Å². The normalized spacial score (nSPS) is 9.69. The Bertz CT molecular complexity index is 281. The third-order valence-corrected chi connectivity index (χ3v) is 1.87. The molecule has 0 aliphatic rings. The fourth-order valence-electron chi connectivity index (χ4n) is 0.874. The van der Waals surface area contributed by atoms with Crippen LogP contribution in [-0.2, 0) is 0 Å². The molecule has 1 nitrogen and oxygen atoms in total. The maximum atomic E-state index is 5.50. The molecule has 13 heavy (non-hydrogen) atoms. The number of hydrogen-bond acceptors (Lipinski definition) is 2. The van der Waals surface area contributed by atoms with Crippen molar-refractivity contribution in [3.05, 3.63) is 49.6 Å². The van der Waals surface area contributed by atoms with E-state index in [1.165, 1.54) is 0 Å². The third-order valence-electron chi connectivity index (χ3n) is 1.57. The van der Waals surface area contributed by atoms with E-state index in [0.29, 0.717) is 0 Å². The maximum Gasteiger partial charge on any atom is 0.135 e. The Morgan fingerprint density at radius 3 is 2.15 bits per heavy atom. The van der Waals surface area contributed by atoms with Crippen LogP contribution in [0.3, 0.4) is 0 Å². The van der Waals surface area contributed by atoms with E-state index in [-0.39, 0.29) is 6.10 Å². The molecule has 0 heterocycles. The summed E-state index contributed by atoms with van der Waals surface area (Å²) < 4.78 is 5.50. The molecule has 0 radical (unpaired) electrons. The number of thiol groups is 1. The smallest absolute Gasteiger partial charge is 0.135 e. The summed E-state index contributed by atoms with van der Waals surface area (Å²) in [5.74, 6) is 0.794. The highest BCUT2D eigenvalue weighted by atomic mass is 32.1. The summed E-state index contributed by atoms with van der Waals surface area (Å²) >= 11 is 4.17. The first-order valence-electron chi connectivity index (χ1n) is 3.97. The van der Waals surface area contributed by atoms with Gasteiger partial charge in [0, 0.05) is 4.90 Å². The second-order valence-electron chi connectivity index (χ2n) is 2.55. The summed E-state index contributed by atoms with van der Waals surface area (Å²) in [6, 6.07) is 7.48. The van der Waals surface area contributed by atoms with Gasteiger partial charge in [0.05, 0.1) is 0 Å². The lowest BCUT2D eigenvalue weighted by molar-refractivity contribution is 0.297. The Hall–Kier alpha value is -1.15. The van der Waals surface area contributed by atoms with E-state index in [2.05, 4.69) is 25.8 Å². The lowest BCUT2D eigenvalue weighted by Crippen LogP contribution is -2.08. The fraction of sp³-hybridized carbons (Fsp3) is 0.0909. The Labute approximate surface area is 84.1 Å². The van der Waals surface area contributed by atoms with E-state index in [1.54, 1.807) is 12.2 Å². The molecule has 0 saturated carbocycles. The van der Waals surface area contributed by atoms with Crippen molar-refractivity contribution in [2.75, 3.05) is 0 Å². The van der Waals surface area contributed by atoms with Gasteiger partial charge in [-0.3, -0.25) is 0 Å². The van der Waals surface area contributed by atoms with Crippen LogP contribution in [0.15, 0.2) is 54.5 Å². The van der Waals surface area contributed by atoms with Crippen LogP contribution in [0.1, 0.15) is 0 Å². The molecule has 2 heteroatoms. The maximum absolute atomic E-state index is 5.50. The summed E-state index contributed by atoms with van der Waals surface area (Å²) in [7, 11) is 0. The number of rotatable bonds is 4. The van der Waals surface area contributed by atoms with Gasteiger partial charge in [0.1, 0.15) is 11.9 Å². The minimum atomic E-state index is -0.134. The zero-order valence-corrected chi connectivity index (χ0v) is 8.21. The molecule has 0 N–H and O–H groups in total. The topological polar surface area (TPSA) is 9.23 Å². The molecule has 1 aromatic rings. The van der Waals surface area contributed by atoms with Gasteiger partial charge in [-0.25, -0.2) is 0 Å². The Kier molecular flexibility index (Phi) is 3.65. The molecular formula is C11H12OS. The van der Waals surface area contributed by atoms with E-state index in [0.717, 1.165) is 10.6 Å². The van der Waals surface area contributed by atoms with Gasteiger partial charge in [-0.15, -0.1) is 12.6 Å². The van der Waals surface area contributed by atoms with E-state index >= 15 is 0 Å². The van der Waals surface area contributed by atoms with Gasteiger partial charge >= 0.3 is 0 Å². The summed E-state index contributed by atoms with van der Waals surface area (Å²) in [5, 5.41) is 0. The highest BCUT2D eigenvalue weighted by Gasteiger charge is 1.99. The summed E-state index contributed by atoms with van der Waals surface area (Å²) in [6.45, 7) is 7.27. The van der Waals surface area contributed by atoms with Crippen molar-refractivity contribution in [1.82, 2.24) is 0 Å². The zero-order chi connectivity index (χ0) is 9.68. The summed E-state index contributed by atoms with van der Waals surface area (Å²) in [5.41, 5.74) is 0.